The van der Waals surface area contributed by atoms with E-state index in [0.29, 0.717) is 17.1 Å². The third kappa shape index (κ3) is 5.96. The van der Waals surface area contributed by atoms with E-state index < -0.39 is 34.8 Å². The van der Waals surface area contributed by atoms with E-state index in [-0.39, 0.29) is 18.8 Å². The number of rotatable bonds is 6. The molecule has 11 heteroatoms. The van der Waals surface area contributed by atoms with Gasteiger partial charge in [-0.3, -0.25) is 4.79 Å². The summed E-state index contributed by atoms with van der Waals surface area (Å²) >= 11 is 1.31. The van der Waals surface area contributed by atoms with E-state index in [1.165, 1.54) is 11.3 Å². The molecule has 2 atom stereocenters. The van der Waals surface area contributed by atoms with E-state index in [2.05, 4.69) is 20.3 Å². The van der Waals surface area contributed by atoms with Crippen molar-refractivity contribution in [3.05, 3.63) is 77.2 Å². The van der Waals surface area contributed by atoms with Gasteiger partial charge >= 0.3 is 12.1 Å². The highest BCUT2D eigenvalue weighted by molar-refractivity contribution is 7.15. The number of alkyl halides is 3. The summed E-state index contributed by atoms with van der Waals surface area (Å²) in [7, 11) is 0. The van der Waals surface area contributed by atoms with Crippen molar-refractivity contribution in [1.29, 1.82) is 0 Å². The Bertz CT molecular complexity index is 1600. The Morgan fingerprint density at radius 3 is 2.51 bits per heavy atom. The smallest absolute Gasteiger partial charge is 0.433 e. The average molecular weight is 583 g/mol. The van der Waals surface area contributed by atoms with Crippen LogP contribution < -0.4 is 5.32 Å². The number of carboxylic acids is 1. The Hall–Kier alpha value is -3.83. The third-order valence-electron chi connectivity index (χ3n) is 7.62. The first-order chi connectivity index (χ1) is 19.2. The highest BCUT2D eigenvalue weighted by Crippen LogP contribution is 2.51. The largest absolute Gasteiger partial charge is 0.481 e. The number of hydrogen-bond donors (Lipinski definition) is 3. The van der Waals surface area contributed by atoms with Crippen molar-refractivity contribution >= 4 is 28.9 Å². The van der Waals surface area contributed by atoms with Gasteiger partial charge in [-0.25, -0.2) is 15.0 Å². The maximum absolute atomic E-state index is 13.2. The lowest BCUT2D eigenvalue weighted by Crippen LogP contribution is -2.44. The lowest BCUT2D eigenvalue weighted by Gasteiger charge is -2.44. The van der Waals surface area contributed by atoms with E-state index in [9.17, 15) is 28.2 Å². The summed E-state index contributed by atoms with van der Waals surface area (Å²) in [5.74, 6) is -1.61. The third-order valence-corrected chi connectivity index (χ3v) is 8.86. The van der Waals surface area contributed by atoms with Crippen molar-refractivity contribution < 1.29 is 28.2 Å². The van der Waals surface area contributed by atoms with Crippen LogP contribution in [0.4, 0.5) is 24.8 Å². The molecule has 1 aliphatic rings. The first kappa shape index (κ1) is 28.7. The molecule has 3 N–H and O–H groups in total. The zero-order valence-corrected chi connectivity index (χ0v) is 23.5. The second-order valence-electron chi connectivity index (χ2n) is 11.2. The number of benzene rings is 2. The summed E-state index contributed by atoms with van der Waals surface area (Å²) < 4.78 is 39.7. The molecule has 1 saturated carbocycles. The number of nitrogens with one attached hydrogen (secondary N) is 1. The lowest BCUT2D eigenvalue weighted by molar-refractivity contribution is -0.154. The van der Waals surface area contributed by atoms with Gasteiger partial charge in [-0.15, -0.1) is 11.3 Å². The SMILES string of the molecule is Cc1ccccc1-c1cc(Nc2nccc(C(F)(F)F)n2)cc(-c2cnc([C@@]3(O)CC[C@H](C(=O)O)C(C)(C)C3)s2)c1. The molecule has 1 fully saturated rings. The fourth-order valence-electron chi connectivity index (χ4n) is 5.60. The van der Waals surface area contributed by atoms with Crippen molar-refractivity contribution in [1.82, 2.24) is 15.0 Å². The molecule has 2 aromatic carbocycles. The molecule has 1 aliphatic carbocycles. The number of aromatic nitrogens is 3. The van der Waals surface area contributed by atoms with Crippen LogP contribution in [0.2, 0.25) is 0 Å². The first-order valence-corrected chi connectivity index (χ1v) is 13.9. The molecule has 0 unspecified atom stereocenters. The summed E-state index contributed by atoms with van der Waals surface area (Å²) in [6.45, 7) is 5.67. The number of anilines is 2. The number of nitrogens with zero attached hydrogens (tertiary/aromatic N) is 3. The molecule has 7 nitrogen and oxygen atoms in total. The fraction of sp³-hybridized carbons (Fsp3) is 0.333. The van der Waals surface area contributed by atoms with Crippen LogP contribution in [0.5, 0.6) is 0 Å². The van der Waals surface area contributed by atoms with Crippen molar-refractivity contribution in [2.24, 2.45) is 11.3 Å². The van der Waals surface area contributed by atoms with Gasteiger partial charge in [0.25, 0.3) is 0 Å². The fourth-order valence-corrected chi connectivity index (χ4v) is 6.62. The molecule has 214 valence electrons. The summed E-state index contributed by atoms with van der Waals surface area (Å²) in [6.07, 6.45) is -1.01. The molecule has 2 heterocycles. The number of halogens is 3. The lowest BCUT2D eigenvalue weighted by atomic mass is 9.63. The minimum atomic E-state index is -4.61. The van der Waals surface area contributed by atoms with Gasteiger partial charge < -0.3 is 15.5 Å². The molecule has 41 heavy (non-hydrogen) atoms. The number of aryl methyl sites for hydroxylation is 1. The molecular formula is C30H29F3N4O3S. The zero-order valence-electron chi connectivity index (χ0n) is 22.7. The minimum absolute atomic E-state index is 0.190. The second-order valence-corrected chi connectivity index (χ2v) is 12.2. The van der Waals surface area contributed by atoms with Crippen molar-refractivity contribution in [3.63, 3.8) is 0 Å². The molecular weight excluding hydrogens is 553 g/mol. The monoisotopic (exact) mass is 582 g/mol. The quantitative estimate of drug-likeness (QED) is 0.217. The first-order valence-electron chi connectivity index (χ1n) is 13.1. The van der Waals surface area contributed by atoms with Crippen LogP contribution in [-0.2, 0) is 16.6 Å². The molecule has 5 rings (SSSR count). The number of thiazole rings is 1. The van der Waals surface area contributed by atoms with Gasteiger partial charge in [0, 0.05) is 18.1 Å². The second kappa shape index (κ2) is 10.5. The molecule has 0 saturated heterocycles. The van der Waals surface area contributed by atoms with Gasteiger partial charge in [0.15, 0.2) is 0 Å². The van der Waals surface area contributed by atoms with Crippen molar-refractivity contribution in [3.8, 4) is 21.6 Å². The number of aliphatic carboxylic acids is 1. The van der Waals surface area contributed by atoms with Crippen LogP contribution in [0.3, 0.4) is 0 Å². The summed E-state index contributed by atoms with van der Waals surface area (Å²) in [5, 5.41) is 24.6. The predicted octanol–water partition coefficient (Wildman–Crippen LogP) is 7.44. The Morgan fingerprint density at radius 1 is 1.10 bits per heavy atom. The highest BCUT2D eigenvalue weighted by atomic mass is 32.1. The minimum Gasteiger partial charge on any atom is -0.481 e. The number of aliphatic hydroxyl groups is 1. The zero-order chi connectivity index (χ0) is 29.6. The van der Waals surface area contributed by atoms with E-state index in [1.54, 1.807) is 12.3 Å². The van der Waals surface area contributed by atoms with E-state index in [0.717, 1.165) is 39.4 Å². The topological polar surface area (TPSA) is 108 Å². The number of hydrogen-bond acceptors (Lipinski definition) is 7. The number of carboxylic acid groups (broad SMARTS) is 1. The van der Waals surface area contributed by atoms with Crippen LogP contribution in [0.1, 0.15) is 49.4 Å². The molecule has 0 radical (unpaired) electrons. The molecule has 2 aromatic heterocycles. The molecule has 0 spiro atoms. The van der Waals surface area contributed by atoms with Crippen LogP contribution in [0.15, 0.2) is 60.9 Å². The Morgan fingerprint density at radius 2 is 1.83 bits per heavy atom. The highest BCUT2D eigenvalue weighted by Gasteiger charge is 2.49. The molecule has 0 amide bonds. The number of carbonyl (C=O) groups is 1. The Labute approximate surface area is 239 Å². The summed E-state index contributed by atoms with van der Waals surface area (Å²) in [4.78, 5) is 24.6. The summed E-state index contributed by atoms with van der Waals surface area (Å²) in [6, 6.07) is 14.1. The Kier molecular flexibility index (Phi) is 7.37. The van der Waals surface area contributed by atoms with E-state index in [4.69, 9.17) is 0 Å². The van der Waals surface area contributed by atoms with Crippen LogP contribution >= 0.6 is 11.3 Å². The van der Waals surface area contributed by atoms with Crippen molar-refractivity contribution in [2.45, 2.75) is 51.8 Å². The van der Waals surface area contributed by atoms with E-state index >= 15 is 0 Å². The van der Waals surface area contributed by atoms with Gasteiger partial charge in [-0.2, -0.15) is 13.2 Å². The molecule has 0 aliphatic heterocycles. The average Bonchev–Trinajstić information content (AvgIpc) is 3.39. The summed E-state index contributed by atoms with van der Waals surface area (Å²) in [5.41, 5.74) is 1.07. The van der Waals surface area contributed by atoms with Gasteiger partial charge in [0.05, 0.1) is 10.8 Å². The normalized spacial score (nSPS) is 20.5. The van der Waals surface area contributed by atoms with Crippen molar-refractivity contribution in [2.75, 3.05) is 5.32 Å². The van der Waals surface area contributed by atoms with Crippen LogP contribution in [-0.4, -0.2) is 31.1 Å². The maximum Gasteiger partial charge on any atom is 0.433 e. The predicted molar refractivity (Wildman–Crippen MR) is 151 cm³/mol. The van der Waals surface area contributed by atoms with E-state index in [1.807, 2.05) is 57.2 Å². The maximum atomic E-state index is 13.2. The van der Waals surface area contributed by atoms with Crippen LogP contribution in [0, 0.1) is 18.3 Å². The molecule has 4 aromatic rings. The Balaban J connectivity index is 1.53. The van der Waals surface area contributed by atoms with Gasteiger partial charge in [0.2, 0.25) is 5.95 Å². The van der Waals surface area contributed by atoms with Gasteiger partial charge in [0.1, 0.15) is 16.3 Å². The van der Waals surface area contributed by atoms with Crippen LogP contribution in [0.25, 0.3) is 21.6 Å². The standard InChI is InChI=1S/C30H29F3N4O3S/c1-17-6-4-5-7-21(17)18-12-19(14-20(13-18)36-27-34-11-9-24(37-27)30(31,32)33)23-15-35-26(41-23)29(40)10-8-22(25(38)39)28(2,3)16-29/h4-7,9,11-15,22,40H,8,10,16H2,1-3H3,(H,38,39)(H,34,36,37)/t22-,29-/m1/s1. The van der Waals surface area contributed by atoms with Gasteiger partial charge in [-0.1, -0.05) is 38.1 Å². The van der Waals surface area contributed by atoms with Gasteiger partial charge in [-0.05, 0) is 78.1 Å². The molecule has 0 bridgehead atoms.